The van der Waals surface area contributed by atoms with Crippen molar-refractivity contribution in [2.75, 3.05) is 13.1 Å². The molecule has 5 heteroatoms. The Morgan fingerprint density at radius 2 is 2.00 bits per heavy atom. The number of alkyl halides is 4. The third-order valence-electron chi connectivity index (χ3n) is 2.94. The summed E-state index contributed by atoms with van der Waals surface area (Å²) in [4.78, 5) is 0.547. The second kappa shape index (κ2) is 5.53. The monoisotopic (exact) mass is 287 g/mol. The fraction of sp³-hybridized carbons (Fsp3) is 1.00. The molecule has 0 aromatic rings. The summed E-state index contributed by atoms with van der Waals surface area (Å²) in [6.45, 7) is 2.88. The Labute approximate surface area is 97.1 Å². The summed E-state index contributed by atoms with van der Waals surface area (Å²) in [5.74, 6) is 0. The van der Waals surface area contributed by atoms with E-state index < -0.39 is 11.0 Å². The Bertz CT molecular complexity index is 196. The molecule has 1 fully saturated rings. The average Bonchev–Trinajstić information content (AvgIpc) is 2.30. The summed E-state index contributed by atoms with van der Waals surface area (Å²) in [5, 5.41) is 0. The van der Waals surface area contributed by atoms with E-state index in [2.05, 4.69) is 15.9 Å². The number of hydrogen-bond acceptors (Lipinski definition) is 1. The minimum Gasteiger partial charge on any atom is -0.299 e. The Morgan fingerprint density at radius 3 is 2.60 bits per heavy atom. The summed E-state index contributed by atoms with van der Waals surface area (Å²) in [5.41, 5.74) is 0. The van der Waals surface area contributed by atoms with Crippen LogP contribution in [-0.4, -0.2) is 35.0 Å². The van der Waals surface area contributed by atoms with Gasteiger partial charge in [-0.3, -0.25) is 4.90 Å². The first-order valence-electron chi connectivity index (χ1n) is 5.36. The van der Waals surface area contributed by atoms with Crippen molar-refractivity contribution >= 4 is 15.9 Å². The van der Waals surface area contributed by atoms with Gasteiger partial charge in [0.05, 0.1) is 0 Å². The lowest BCUT2D eigenvalue weighted by Crippen LogP contribution is -2.41. The fourth-order valence-electron chi connectivity index (χ4n) is 1.92. The van der Waals surface area contributed by atoms with Crippen LogP contribution >= 0.6 is 15.9 Å². The predicted molar refractivity (Wildman–Crippen MR) is 58.3 cm³/mol. The maximum absolute atomic E-state index is 12.4. The Morgan fingerprint density at radius 1 is 1.33 bits per heavy atom. The molecule has 0 aromatic carbocycles. The van der Waals surface area contributed by atoms with Gasteiger partial charge in [-0.1, -0.05) is 28.8 Å². The first-order chi connectivity index (χ1) is 6.91. The Kier molecular flexibility index (Phi) is 4.90. The molecule has 90 valence electrons. The molecule has 0 spiro atoms. The van der Waals surface area contributed by atoms with Crippen LogP contribution in [0.1, 0.15) is 32.6 Å². The first kappa shape index (κ1) is 13.3. The molecule has 2 atom stereocenters. The van der Waals surface area contributed by atoms with Crippen LogP contribution in [0, 0.1) is 0 Å². The zero-order chi connectivity index (χ0) is 11.5. The molecule has 0 saturated carbocycles. The van der Waals surface area contributed by atoms with Gasteiger partial charge in [0.2, 0.25) is 0 Å². The molecule has 1 saturated heterocycles. The molecule has 0 bridgehead atoms. The maximum Gasteiger partial charge on any atom is 0.402 e. The van der Waals surface area contributed by atoms with Gasteiger partial charge in [0.15, 0.2) is 0 Å². The normalized spacial score (nSPS) is 27.4. The second-order valence-corrected chi connectivity index (χ2v) is 5.31. The van der Waals surface area contributed by atoms with E-state index in [1.54, 1.807) is 0 Å². The molecule has 1 nitrogen and oxygen atoms in total. The van der Waals surface area contributed by atoms with Crippen LogP contribution in [0.3, 0.4) is 0 Å². The molecular weight excluding hydrogens is 271 g/mol. The summed E-state index contributed by atoms with van der Waals surface area (Å²) in [6.07, 6.45) is 0.169. The number of halogens is 4. The predicted octanol–water partition coefficient (Wildman–Crippen LogP) is 3.58. The van der Waals surface area contributed by atoms with Crippen LogP contribution in [-0.2, 0) is 0 Å². The van der Waals surface area contributed by atoms with Crippen molar-refractivity contribution in [1.29, 1.82) is 0 Å². The highest BCUT2D eigenvalue weighted by atomic mass is 79.9. The minimum absolute atomic E-state index is 0.0741. The van der Waals surface area contributed by atoms with Crippen molar-refractivity contribution in [1.82, 2.24) is 4.90 Å². The standard InChI is InChI=1S/C10H17BrF3N/c1-8-5-3-2-4-6-15(8)7-9(11)10(12,13)14/h8-9H,2-7H2,1H3. The summed E-state index contributed by atoms with van der Waals surface area (Å²) in [7, 11) is 0. The number of likely N-dealkylation sites (tertiary alicyclic amines) is 1. The van der Waals surface area contributed by atoms with Gasteiger partial charge in [0.25, 0.3) is 0 Å². The van der Waals surface area contributed by atoms with Crippen molar-refractivity contribution in [3.05, 3.63) is 0 Å². The lowest BCUT2D eigenvalue weighted by Gasteiger charge is -2.29. The van der Waals surface area contributed by atoms with Crippen LogP contribution in [0.4, 0.5) is 13.2 Å². The van der Waals surface area contributed by atoms with E-state index in [-0.39, 0.29) is 12.6 Å². The quantitative estimate of drug-likeness (QED) is 0.702. The Balaban J connectivity index is 2.48. The van der Waals surface area contributed by atoms with E-state index in [4.69, 9.17) is 0 Å². The summed E-state index contributed by atoms with van der Waals surface area (Å²) >= 11 is 2.72. The molecule has 2 unspecified atom stereocenters. The highest BCUT2D eigenvalue weighted by molar-refractivity contribution is 9.09. The zero-order valence-electron chi connectivity index (χ0n) is 8.86. The highest BCUT2D eigenvalue weighted by Crippen LogP contribution is 2.28. The van der Waals surface area contributed by atoms with Gasteiger partial charge in [-0.15, -0.1) is 0 Å². The van der Waals surface area contributed by atoms with Gasteiger partial charge >= 0.3 is 6.18 Å². The van der Waals surface area contributed by atoms with Gasteiger partial charge in [0, 0.05) is 12.6 Å². The van der Waals surface area contributed by atoms with Gasteiger partial charge < -0.3 is 0 Å². The average molecular weight is 288 g/mol. The van der Waals surface area contributed by atoms with Gasteiger partial charge in [0.1, 0.15) is 4.83 Å². The molecule has 1 aliphatic heterocycles. The summed E-state index contributed by atoms with van der Waals surface area (Å²) in [6, 6.07) is 0.273. The number of nitrogens with zero attached hydrogens (tertiary/aromatic N) is 1. The summed E-state index contributed by atoms with van der Waals surface area (Å²) < 4.78 is 37.1. The Hall–Kier alpha value is 0.230. The van der Waals surface area contributed by atoms with Crippen LogP contribution < -0.4 is 0 Å². The van der Waals surface area contributed by atoms with Crippen LogP contribution in [0.5, 0.6) is 0 Å². The van der Waals surface area contributed by atoms with Crippen LogP contribution in [0.25, 0.3) is 0 Å². The lowest BCUT2D eigenvalue weighted by atomic mass is 10.1. The topological polar surface area (TPSA) is 3.24 Å². The van der Waals surface area contributed by atoms with Gasteiger partial charge in [-0.2, -0.15) is 13.2 Å². The molecule has 0 N–H and O–H groups in total. The van der Waals surface area contributed by atoms with Crippen molar-refractivity contribution in [3.8, 4) is 0 Å². The van der Waals surface area contributed by atoms with E-state index in [9.17, 15) is 13.2 Å². The second-order valence-electron chi connectivity index (χ2n) is 4.20. The molecule has 1 aliphatic rings. The number of hydrogen-bond donors (Lipinski definition) is 0. The van der Waals surface area contributed by atoms with E-state index in [0.717, 1.165) is 32.2 Å². The molecule has 1 heterocycles. The fourth-order valence-corrected chi connectivity index (χ4v) is 2.29. The third-order valence-corrected chi connectivity index (χ3v) is 3.75. The molecule has 1 rings (SSSR count). The van der Waals surface area contributed by atoms with E-state index >= 15 is 0 Å². The van der Waals surface area contributed by atoms with Crippen LogP contribution in [0.15, 0.2) is 0 Å². The number of rotatable bonds is 2. The molecule has 0 aliphatic carbocycles. The molecule has 0 amide bonds. The molecule has 0 aromatic heterocycles. The smallest absolute Gasteiger partial charge is 0.299 e. The molecule has 0 radical (unpaired) electrons. The highest BCUT2D eigenvalue weighted by Gasteiger charge is 2.39. The van der Waals surface area contributed by atoms with Crippen molar-refractivity contribution < 1.29 is 13.2 Å². The van der Waals surface area contributed by atoms with Crippen molar-refractivity contribution in [3.63, 3.8) is 0 Å². The minimum atomic E-state index is -4.13. The van der Waals surface area contributed by atoms with E-state index in [1.165, 1.54) is 0 Å². The van der Waals surface area contributed by atoms with Gasteiger partial charge in [-0.05, 0) is 26.3 Å². The van der Waals surface area contributed by atoms with Gasteiger partial charge in [-0.25, -0.2) is 0 Å². The first-order valence-corrected chi connectivity index (χ1v) is 6.27. The molecular formula is C10H17BrF3N. The lowest BCUT2D eigenvalue weighted by molar-refractivity contribution is -0.131. The van der Waals surface area contributed by atoms with Crippen molar-refractivity contribution in [2.24, 2.45) is 0 Å². The SMILES string of the molecule is CC1CCCCCN1CC(Br)C(F)(F)F. The third kappa shape index (κ3) is 4.31. The molecule has 15 heavy (non-hydrogen) atoms. The van der Waals surface area contributed by atoms with Crippen LogP contribution in [0.2, 0.25) is 0 Å². The maximum atomic E-state index is 12.4. The largest absolute Gasteiger partial charge is 0.402 e. The van der Waals surface area contributed by atoms with E-state index in [0.29, 0.717) is 0 Å². The van der Waals surface area contributed by atoms with Crippen molar-refractivity contribution in [2.45, 2.75) is 49.7 Å². The zero-order valence-corrected chi connectivity index (χ0v) is 10.4. The van der Waals surface area contributed by atoms with E-state index in [1.807, 2.05) is 11.8 Å².